The number of nitro benzene ring substituents is 1. The molecule has 1 aromatic carbocycles. The van der Waals surface area contributed by atoms with Crippen LogP contribution < -0.4 is 14.8 Å². The van der Waals surface area contributed by atoms with Gasteiger partial charge in [-0.25, -0.2) is 0 Å². The Morgan fingerprint density at radius 1 is 1.23 bits per heavy atom. The van der Waals surface area contributed by atoms with Crippen LogP contribution in [0.4, 0.5) is 18.9 Å². The quantitative estimate of drug-likeness (QED) is 0.582. The molecule has 0 unspecified atom stereocenters. The summed E-state index contributed by atoms with van der Waals surface area (Å²) < 4.78 is 48.7. The van der Waals surface area contributed by atoms with Gasteiger partial charge in [-0.15, -0.1) is 0 Å². The number of benzene rings is 1. The van der Waals surface area contributed by atoms with Crippen LogP contribution in [0.5, 0.6) is 11.5 Å². The summed E-state index contributed by atoms with van der Waals surface area (Å²) in [7, 11) is 2.72. The number of halogens is 3. The van der Waals surface area contributed by atoms with Gasteiger partial charge in [0, 0.05) is 38.6 Å². The molecular weight excluding hydrogens is 355 g/mol. The molecule has 1 heterocycles. The zero-order chi connectivity index (χ0) is 19.3. The standard InChI is InChI=1S/C16H22F3N3O4/c1-25-14-9-11(13(22(23)24)10-15(14)26-2)12(3-4-16(17,18)19)21-7-5-20-6-8-21/h9-10,12,20H,3-8H2,1-2H3/t12-/m1/s1. The van der Waals surface area contributed by atoms with Gasteiger partial charge in [0.2, 0.25) is 0 Å². The van der Waals surface area contributed by atoms with Crippen LogP contribution in [0.15, 0.2) is 12.1 Å². The number of piperazine rings is 1. The van der Waals surface area contributed by atoms with Crippen LogP contribution in [0.2, 0.25) is 0 Å². The highest BCUT2D eigenvalue weighted by atomic mass is 19.4. The van der Waals surface area contributed by atoms with Crippen LogP contribution in [0.1, 0.15) is 24.4 Å². The molecule has 146 valence electrons. The van der Waals surface area contributed by atoms with Crippen LogP contribution >= 0.6 is 0 Å². The van der Waals surface area contributed by atoms with Gasteiger partial charge >= 0.3 is 6.18 Å². The molecule has 10 heteroatoms. The number of ether oxygens (including phenoxy) is 2. The van der Waals surface area contributed by atoms with E-state index in [1.54, 1.807) is 0 Å². The first kappa shape index (κ1) is 20.2. The second kappa shape index (κ2) is 8.54. The van der Waals surface area contributed by atoms with Gasteiger partial charge in [0.05, 0.1) is 30.8 Å². The Labute approximate surface area is 149 Å². The number of methoxy groups -OCH3 is 2. The lowest BCUT2D eigenvalue weighted by molar-refractivity contribution is -0.386. The third-order valence-corrected chi connectivity index (χ3v) is 4.38. The Morgan fingerprint density at radius 2 is 1.81 bits per heavy atom. The van der Waals surface area contributed by atoms with Gasteiger partial charge in [-0.05, 0) is 12.5 Å². The van der Waals surface area contributed by atoms with E-state index in [0.29, 0.717) is 26.2 Å². The first-order valence-electron chi connectivity index (χ1n) is 8.18. The maximum Gasteiger partial charge on any atom is 0.389 e. The van der Waals surface area contributed by atoms with E-state index in [9.17, 15) is 23.3 Å². The summed E-state index contributed by atoms with van der Waals surface area (Å²) >= 11 is 0. The van der Waals surface area contributed by atoms with Crippen molar-refractivity contribution in [3.8, 4) is 11.5 Å². The molecule has 1 fully saturated rings. The SMILES string of the molecule is COc1cc([C@@H](CCC(F)(F)F)N2CCNCC2)c([N+](=O)[O-])cc1OC. The van der Waals surface area contributed by atoms with Crippen molar-refractivity contribution in [1.29, 1.82) is 0 Å². The topological polar surface area (TPSA) is 76.9 Å². The molecule has 1 N–H and O–H groups in total. The van der Waals surface area contributed by atoms with Crippen LogP contribution in [-0.4, -0.2) is 56.4 Å². The Kier molecular flexibility index (Phi) is 6.65. The Morgan fingerprint density at radius 3 is 2.31 bits per heavy atom. The van der Waals surface area contributed by atoms with Crippen LogP contribution in [-0.2, 0) is 0 Å². The van der Waals surface area contributed by atoms with Crippen LogP contribution in [0.25, 0.3) is 0 Å². The molecular formula is C16H22F3N3O4. The van der Waals surface area contributed by atoms with E-state index in [0.717, 1.165) is 0 Å². The van der Waals surface area contributed by atoms with Gasteiger partial charge in [-0.3, -0.25) is 15.0 Å². The first-order valence-corrected chi connectivity index (χ1v) is 8.18. The van der Waals surface area contributed by atoms with Gasteiger partial charge < -0.3 is 14.8 Å². The molecule has 1 aliphatic heterocycles. The van der Waals surface area contributed by atoms with E-state index in [2.05, 4.69) is 5.32 Å². The second-order valence-corrected chi connectivity index (χ2v) is 5.98. The predicted molar refractivity (Wildman–Crippen MR) is 88.7 cm³/mol. The number of hydrogen-bond donors (Lipinski definition) is 1. The van der Waals surface area contributed by atoms with Crippen molar-refractivity contribution in [3.05, 3.63) is 27.8 Å². The normalized spacial score (nSPS) is 17.0. The summed E-state index contributed by atoms with van der Waals surface area (Å²) in [4.78, 5) is 12.8. The third-order valence-electron chi connectivity index (χ3n) is 4.38. The molecule has 0 bridgehead atoms. The van der Waals surface area contributed by atoms with Crippen molar-refractivity contribution in [1.82, 2.24) is 10.2 Å². The van der Waals surface area contributed by atoms with Gasteiger partial charge in [0.15, 0.2) is 11.5 Å². The average molecular weight is 377 g/mol. The highest BCUT2D eigenvalue weighted by molar-refractivity contribution is 5.55. The first-order chi connectivity index (χ1) is 12.3. The Hall–Kier alpha value is -2.07. The second-order valence-electron chi connectivity index (χ2n) is 5.98. The zero-order valence-corrected chi connectivity index (χ0v) is 14.6. The molecule has 1 saturated heterocycles. The number of alkyl halides is 3. The molecule has 0 aromatic heterocycles. The monoisotopic (exact) mass is 377 g/mol. The van der Waals surface area contributed by atoms with Crippen LogP contribution in [0.3, 0.4) is 0 Å². The van der Waals surface area contributed by atoms with E-state index < -0.39 is 23.6 Å². The number of nitrogens with one attached hydrogen (secondary N) is 1. The maximum atomic E-state index is 12.8. The molecule has 7 nitrogen and oxygen atoms in total. The Balaban J connectivity index is 2.48. The summed E-state index contributed by atoms with van der Waals surface area (Å²) in [6, 6.07) is 1.88. The van der Waals surface area contributed by atoms with E-state index in [1.165, 1.54) is 26.4 Å². The molecule has 26 heavy (non-hydrogen) atoms. The van der Waals surface area contributed by atoms with E-state index in [4.69, 9.17) is 9.47 Å². The molecule has 0 saturated carbocycles. The lowest BCUT2D eigenvalue weighted by atomic mass is 9.97. The molecule has 0 radical (unpaired) electrons. The minimum Gasteiger partial charge on any atom is -0.493 e. The molecule has 0 spiro atoms. The highest BCUT2D eigenvalue weighted by Gasteiger charge is 2.35. The average Bonchev–Trinajstić information content (AvgIpc) is 2.61. The summed E-state index contributed by atoms with van der Waals surface area (Å²) in [6.07, 6.45) is -5.62. The fourth-order valence-electron chi connectivity index (χ4n) is 3.14. The van der Waals surface area contributed by atoms with Crippen molar-refractivity contribution >= 4 is 5.69 Å². The molecule has 1 atom stereocenters. The maximum absolute atomic E-state index is 12.8. The molecule has 2 rings (SSSR count). The minimum absolute atomic E-state index is 0.165. The van der Waals surface area contributed by atoms with E-state index >= 15 is 0 Å². The summed E-state index contributed by atoms with van der Waals surface area (Å²) in [5.74, 6) is 0.415. The highest BCUT2D eigenvalue weighted by Crippen LogP contribution is 2.41. The molecule has 0 aliphatic carbocycles. The van der Waals surface area contributed by atoms with Crippen molar-refractivity contribution < 1.29 is 27.6 Å². The number of rotatable bonds is 7. The van der Waals surface area contributed by atoms with Crippen LogP contribution in [0, 0.1) is 10.1 Å². The summed E-state index contributed by atoms with van der Waals surface area (Å²) in [6.45, 7) is 2.25. The van der Waals surface area contributed by atoms with Gasteiger partial charge in [0.25, 0.3) is 5.69 Å². The van der Waals surface area contributed by atoms with Gasteiger partial charge in [-0.2, -0.15) is 13.2 Å². The van der Waals surface area contributed by atoms with E-state index in [-0.39, 0.29) is 29.2 Å². The summed E-state index contributed by atoms with van der Waals surface area (Å²) in [5, 5.41) is 14.7. The van der Waals surface area contributed by atoms with Crippen molar-refractivity contribution in [2.45, 2.75) is 25.1 Å². The number of nitrogens with zero attached hydrogens (tertiary/aromatic N) is 2. The molecule has 1 aliphatic rings. The lowest BCUT2D eigenvalue weighted by Crippen LogP contribution is -2.45. The number of nitro groups is 1. The van der Waals surface area contributed by atoms with Crippen molar-refractivity contribution in [2.24, 2.45) is 0 Å². The predicted octanol–water partition coefficient (Wildman–Crippen LogP) is 2.90. The van der Waals surface area contributed by atoms with Gasteiger partial charge in [-0.1, -0.05) is 0 Å². The third kappa shape index (κ3) is 4.98. The number of hydrogen-bond acceptors (Lipinski definition) is 6. The van der Waals surface area contributed by atoms with E-state index in [1.807, 2.05) is 4.90 Å². The zero-order valence-electron chi connectivity index (χ0n) is 14.6. The van der Waals surface area contributed by atoms with Gasteiger partial charge in [0.1, 0.15) is 0 Å². The molecule has 1 aromatic rings. The summed E-state index contributed by atoms with van der Waals surface area (Å²) in [5.41, 5.74) is -0.0628. The van der Waals surface area contributed by atoms with Crippen molar-refractivity contribution in [2.75, 3.05) is 40.4 Å². The lowest BCUT2D eigenvalue weighted by Gasteiger charge is -2.35. The smallest absolute Gasteiger partial charge is 0.389 e. The largest absolute Gasteiger partial charge is 0.493 e. The fraction of sp³-hybridized carbons (Fsp3) is 0.625. The Bertz CT molecular complexity index is 634. The minimum atomic E-state index is -4.34. The fourth-order valence-corrected chi connectivity index (χ4v) is 3.14. The molecule has 0 amide bonds. The van der Waals surface area contributed by atoms with Crippen molar-refractivity contribution in [3.63, 3.8) is 0 Å².